The molecule has 0 bridgehead atoms. The van der Waals surface area contributed by atoms with Gasteiger partial charge in [-0.05, 0) is 74.9 Å². The fraction of sp³-hybridized carbons (Fsp3) is 0.409. The second kappa shape index (κ2) is 17.5. The lowest BCUT2D eigenvalue weighted by molar-refractivity contribution is -0.231. The summed E-state index contributed by atoms with van der Waals surface area (Å²) in [5.41, 5.74) is 5.95. The second-order valence-corrected chi connectivity index (χ2v) is 15.9. The molecule has 1 aliphatic rings. The number of benzene rings is 4. The maximum absolute atomic E-state index is 13.9. The van der Waals surface area contributed by atoms with Gasteiger partial charge in [0.1, 0.15) is 0 Å². The van der Waals surface area contributed by atoms with Crippen LogP contribution in [-0.2, 0) is 14.4 Å². The van der Waals surface area contributed by atoms with E-state index in [0.29, 0.717) is 25.4 Å². The lowest BCUT2D eigenvalue weighted by Crippen LogP contribution is -2.58. The van der Waals surface area contributed by atoms with Crippen LogP contribution in [0.2, 0.25) is 0 Å². The average molecular weight is 706 g/mol. The Labute approximate surface area is 310 Å². The minimum atomic E-state index is -0.558. The van der Waals surface area contributed by atoms with Crippen LogP contribution in [0.3, 0.4) is 0 Å². The van der Waals surface area contributed by atoms with Gasteiger partial charge in [-0.15, -0.1) is 11.8 Å². The molecule has 1 saturated heterocycles. The maximum Gasteiger partial charge on any atom is 0.254 e. The molecule has 0 aromatic heterocycles. The molecule has 0 spiro atoms. The average Bonchev–Trinajstić information content (AvgIpc) is 3.15. The zero-order chi connectivity index (χ0) is 36.4. The number of thioether (sulfide) groups is 1. The number of hydrogen-bond acceptors (Lipinski definition) is 5. The van der Waals surface area contributed by atoms with Crippen LogP contribution in [0.4, 0.5) is 0 Å². The molecule has 1 heterocycles. The van der Waals surface area contributed by atoms with E-state index in [9.17, 15) is 9.59 Å². The Bertz CT molecular complexity index is 1600. The molecule has 5 rings (SSSR count). The first-order valence-electron chi connectivity index (χ1n) is 18.4. The van der Waals surface area contributed by atoms with Crippen LogP contribution in [0.1, 0.15) is 85.1 Å². The molecule has 2 atom stereocenters. The van der Waals surface area contributed by atoms with E-state index in [2.05, 4.69) is 116 Å². The zero-order valence-electron chi connectivity index (χ0n) is 31.3. The van der Waals surface area contributed by atoms with E-state index in [0.717, 1.165) is 48.9 Å². The molecular weight excluding hydrogens is 651 g/mol. The van der Waals surface area contributed by atoms with Crippen LogP contribution in [0.25, 0.3) is 0 Å². The standard InChI is InChI=1S/C44H55N3O3S/c1-7-8-26-39-30-46(42(49)41-27-18-19-34(2)35(41)3)29-28-45(39)31-40(47(33-48)50-43(4,5)6)32-51-44(36-20-12-9-13-21-36,37-22-14-10-15-23-37)38-24-16-11-17-25-38/h9-25,27,33,39-40H,7-8,26,28-32H2,1-6H3/t39-,40+/m0/s1. The van der Waals surface area contributed by atoms with Crippen LogP contribution in [0, 0.1) is 13.8 Å². The summed E-state index contributed by atoms with van der Waals surface area (Å²) in [6.45, 7) is 14.9. The molecule has 1 fully saturated rings. The molecule has 0 N–H and O–H groups in total. The Kier molecular flexibility index (Phi) is 13.2. The van der Waals surface area contributed by atoms with Gasteiger partial charge in [0.05, 0.1) is 16.4 Å². The number of carbonyl (C=O) groups excluding carboxylic acids is 2. The van der Waals surface area contributed by atoms with E-state index < -0.39 is 10.3 Å². The number of amides is 2. The van der Waals surface area contributed by atoms with Gasteiger partial charge in [-0.3, -0.25) is 19.3 Å². The summed E-state index contributed by atoms with van der Waals surface area (Å²) in [6, 6.07) is 37.9. The van der Waals surface area contributed by atoms with Gasteiger partial charge in [-0.2, -0.15) is 0 Å². The van der Waals surface area contributed by atoms with Crippen molar-refractivity contribution >= 4 is 24.1 Å². The first-order valence-corrected chi connectivity index (χ1v) is 19.4. The van der Waals surface area contributed by atoms with Crippen LogP contribution in [0.15, 0.2) is 109 Å². The smallest absolute Gasteiger partial charge is 0.254 e. The third kappa shape index (κ3) is 9.31. The highest BCUT2D eigenvalue weighted by molar-refractivity contribution is 8.00. The number of carbonyl (C=O) groups is 2. The molecule has 0 saturated carbocycles. The fourth-order valence-electron chi connectivity index (χ4n) is 7.15. The number of rotatable bonds is 15. The van der Waals surface area contributed by atoms with E-state index in [1.165, 1.54) is 16.7 Å². The molecule has 4 aromatic rings. The number of piperazine rings is 1. The molecule has 0 aliphatic carbocycles. The summed E-state index contributed by atoms with van der Waals surface area (Å²) in [5.74, 6) is 0.726. The Morgan fingerprint density at radius 2 is 1.43 bits per heavy atom. The number of hydroxylamine groups is 2. The highest BCUT2D eigenvalue weighted by atomic mass is 32.2. The molecule has 0 radical (unpaired) electrons. The number of aryl methyl sites for hydroxylation is 1. The number of hydrogen-bond donors (Lipinski definition) is 0. The molecule has 1 aliphatic heterocycles. The van der Waals surface area contributed by atoms with Crippen molar-refractivity contribution in [1.82, 2.24) is 14.9 Å². The Hall–Kier alpha value is -3.91. The minimum Gasteiger partial charge on any atom is -0.336 e. The van der Waals surface area contributed by atoms with E-state index in [1.54, 1.807) is 5.06 Å². The molecule has 0 unspecified atom stereocenters. The summed E-state index contributed by atoms with van der Waals surface area (Å²) in [6.07, 6.45) is 3.99. The minimum absolute atomic E-state index is 0.105. The molecule has 2 amide bonds. The topological polar surface area (TPSA) is 53.1 Å². The third-order valence-electron chi connectivity index (χ3n) is 9.94. The van der Waals surface area contributed by atoms with Crippen LogP contribution in [-0.4, -0.2) is 76.8 Å². The molecule has 4 aromatic carbocycles. The first kappa shape index (κ1) is 38.3. The predicted octanol–water partition coefficient (Wildman–Crippen LogP) is 8.90. The largest absolute Gasteiger partial charge is 0.336 e. The van der Waals surface area contributed by atoms with Crippen LogP contribution >= 0.6 is 11.8 Å². The third-order valence-corrected chi connectivity index (χ3v) is 11.6. The van der Waals surface area contributed by atoms with Crippen molar-refractivity contribution < 1.29 is 14.4 Å². The summed E-state index contributed by atoms with van der Waals surface area (Å²) < 4.78 is -0.531. The van der Waals surface area contributed by atoms with E-state index in [4.69, 9.17) is 4.84 Å². The Balaban J connectivity index is 1.49. The molecule has 7 heteroatoms. The molecule has 51 heavy (non-hydrogen) atoms. The van der Waals surface area contributed by atoms with Crippen molar-refractivity contribution in [2.24, 2.45) is 0 Å². The van der Waals surface area contributed by atoms with Crippen molar-refractivity contribution in [3.63, 3.8) is 0 Å². The van der Waals surface area contributed by atoms with Crippen molar-refractivity contribution in [2.75, 3.05) is 31.9 Å². The van der Waals surface area contributed by atoms with Crippen molar-refractivity contribution in [2.45, 2.75) is 83.2 Å². The van der Waals surface area contributed by atoms with Gasteiger partial charge in [0.25, 0.3) is 5.91 Å². The Morgan fingerprint density at radius 3 is 1.94 bits per heavy atom. The van der Waals surface area contributed by atoms with Gasteiger partial charge in [-0.1, -0.05) is 123 Å². The molecular formula is C44H55N3O3S. The van der Waals surface area contributed by atoms with Gasteiger partial charge >= 0.3 is 0 Å². The number of unbranched alkanes of at least 4 members (excludes halogenated alkanes) is 1. The van der Waals surface area contributed by atoms with E-state index >= 15 is 0 Å². The van der Waals surface area contributed by atoms with Crippen LogP contribution < -0.4 is 0 Å². The monoisotopic (exact) mass is 705 g/mol. The lowest BCUT2D eigenvalue weighted by atomic mass is 9.84. The second-order valence-electron chi connectivity index (χ2n) is 14.7. The highest BCUT2D eigenvalue weighted by Crippen LogP contribution is 2.49. The summed E-state index contributed by atoms with van der Waals surface area (Å²) in [4.78, 5) is 37.7. The molecule has 6 nitrogen and oxygen atoms in total. The van der Waals surface area contributed by atoms with Crippen molar-refractivity contribution in [1.29, 1.82) is 0 Å². The first-order chi connectivity index (χ1) is 24.6. The lowest BCUT2D eigenvalue weighted by Gasteiger charge is -2.45. The van der Waals surface area contributed by atoms with Gasteiger partial charge in [0, 0.05) is 43.5 Å². The summed E-state index contributed by atoms with van der Waals surface area (Å²) in [5, 5.41) is 1.56. The normalized spacial score (nSPS) is 16.1. The van der Waals surface area contributed by atoms with Gasteiger partial charge < -0.3 is 4.90 Å². The van der Waals surface area contributed by atoms with Gasteiger partial charge in [0.2, 0.25) is 6.41 Å². The van der Waals surface area contributed by atoms with Crippen molar-refractivity contribution in [3.8, 4) is 0 Å². The van der Waals surface area contributed by atoms with Crippen LogP contribution in [0.5, 0.6) is 0 Å². The quantitative estimate of drug-likeness (QED) is 0.0703. The van der Waals surface area contributed by atoms with E-state index in [1.807, 2.05) is 56.5 Å². The summed E-state index contributed by atoms with van der Waals surface area (Å²) >= 11 is 1.85. The molecule has 270 valence electrons. The SMILES string of the molecule is CCCC[C@H]1CN(C(=O)c2cccc(C)c2C)CCN1C[C@H](CSC(c1ccccc1)(c1ccccc1)c1ccccc1)N(C=O)OC(C)(C)C. The van der Waals surface area contributed by atoms with Gasteiger partial charge in [-0.25, -0.2) is 5.06 Å². The van der Waals surface area contributed by atoms with Gasteiger partial charge in [0.15, 0.2) is 0 Å². The Morgan fingerprint density at radius 1 is 0.863 bits per heavy atom. The summed E-state index contributed by atoms with van der Waals surface area (Å²) in [7, 11) is 0. The zero-order valence-corrected chi connectivity index (χ0v) is 32.1. The maximum atomic E-state index is 13.9. The predicted molar refractivity (Wildman–Crippen MR) is 211 cm³/mol. The fourth-order valence-corrected chi connectivity index (χ4v) is 8.75. The van der Waals surface area contributed by atoms with Crippen molar-refractivity contribution in [3.05, 3.63) is 143 Å². The van der Waals surface area contributed by atoms with E-state index in [-0.39, 0.29) is 18.0 Å². The number of nitrogens with zero attached hydrogens (tertiary/aromatic N) is 3. The highest BCUT2D eigenvalue weighted by Gasteiger charge is 2.40.